The molecule has 2 aliphatic carbocycles. The van der Waals surface area contributed by atoms with E-state index in [0.717, 1.165) is 17.9 Å². The van der Waals surface area contributed by atoms with Gasteiger partial charge in [-0.05, 0) is 55.7 Å². The molecule has 2 nitrogen and oxygen atoms in total. The summed E-state index contributed by atoms with van der Waals surface area (Å²) in [6, 6.07) is 5.97. The standard InChI is InChI=1S/C15H18ClNO/c1-9-2-5-12(13(16)6-9)15(18)17-14-8-10-3-4-11(14)7-10/h2,5-6,10-11,14H,3-4,7-8H2,1H3,(H,17,18). The highest BCUT2D eigenvalue weighted by molar-refractivity contribution is 6.33. The molecule has 3 unspecified atom stereocenters. The molecule has 0 aromatic heterocycles. The van der Waals surface area contributed by atoms with Crippen molar-refractivity contribution in [3.8, 4) is 0 Å². The summed E-state index contributed by atoms with van der Waals surface area (Å²) < 4.78 is 0. The van der Waals surface area contributed by atoms with Gasteiger partial charge in [0.25, 0.3) is 5.91 Å². The van der Waals surface area contributed by atoms with Crippen molar-refractivity contribution in [2.45, 2.75) is 38.6 Å². The predicted octanol–water partition coefficient (Wildman–Crippen LogP) is 3.57. The Balaban J connectivity index is 1.71. The van der Waals surface area contributed by atoms with Crippen molar-refractivity contribution in [2.75, 3.05) is 0 Å². The first kappa shape index (κ1) is 12.0. The maximum absolute atomic E-state index is 12.2. The van der Waals surface area contributed by atoms with Crippen molar-refractivity contribution >= 4 is 17.5 Å². The molecule has 1 aromatic rings. The summed E-state index contributed by atoms with van der Waals surface area (Å²) >= 11 is 6.13. The maximum Gasteiger partial charge on any atom is 0.253 e. The quantitative estimate of drug-likeness (QED) is 0.868. The van der Waals surface area contributed by atoms with Crippen molar-refractivity contribution in [3.63, 3.8) is 0 Å². The molecule has 2 bridgehead atoms. The zero-order valence-corrected chi connectivity index (χ0v) is 11.3. The van der Waals surface area contributed by atoms with Crippen LogP contribution >= 0.6 is 11.6 Å². The smallest absolute Gasteiger partial charge is 0.253 e. The van der Waals surface area contributed by atoms with E-state index in [9.17, 15) is 4.79 Å². The average molecular weight is 264 g/mol. The highest BCUT2D eigenvalue weighted by Crippen LogP contribution is 2.44. The van der Waals surface area contributed by atoms with Crippen molar-refractivity contribution in [1.82, 2.24) is 5.32 Å². The molecule has 0 spiro atoms. The lowest BCUT2D eigenvalue weighted by Crippen LogP contribution is -2.38. The number of hydrogen-bond donors (Lipinski definition) is 1. The van der Waals surface area contributed by atoms with Gasteiger partial charge in [-0.25, -0.2) is 0 Å². The molecule has 2 saturated carbocycles. The Kier molecular flexibility index (Phi) is 3.06. The Morgan fingerprint density at radius 1 is 1.33 bits per heavy atom. The van der Waals surface area contributed by atoms with Crippen LogP contribution in [0, 0.1) is 18.8 Å². The van der Waals surface area contributed by atoms with Crippen LogP contribution in [0.4, 0.5) is 0 Å². The van der Waals surface area contributed by atoms with Crippen molar-refractivity contribution in [3.05, 3.63) is 34.3 Å². The molecule has 3 atom stereocenters. The fourth-order valence-electron chi connectivity index (χ4n) is 3.47. The van der Waals surface area contributed by atoms with Crippen LogP contribution in [0.3, 0.4) is 0 Å². The summed E-state index contributed by atoms with van der Waals surface area (Å²) in [5.74, 6) is 1.52. The number of fused-ring (bicyclic) bond motifs is 2. The van der Waals surface area contributed by atoms with E-state index in [0.29, 0.717) is 22.5 Å². The van der Waals surface area contributed by atoms with Gasteiger partial charge in [0.2, 0.25) is 0 Å². The topological polar surface area (TPSA) is 29.1 Å². The highest BCUT2D eigenvalue weighted by atomic mass is 35.5. The third kappa shape index (κ3) is 2.14. The minimum absolute atomic E-state index is 0.0162. The van der Waals surface area contributed by atoms with Gasteiger partial charge in [-0.1, -0.05) is 24.1 Å². The minimum Gasteiger partial charge on any atom is -0.349 e. The van der Waals surface area contributed by atoms with E-state index in [1.165, 1.54) is 19.3 Å². The van der Waals surface area contributed by atoms with Gasteiger partial charge < -0.3 is 5.32 Å². The summed E-state index contributed by atoms with van der Waals surface area (Å²) in [4.78, 5) is 12.2. The monoisotopic (exact) mass is 263 g/mol. The summed E-state index contributed by atoms with van der Waals surface area (Å²) in [6.07, 6.45) is 5.08. The number of carbonyl (C=O) groups excluding carboxylic acids is 1. The summed E-state index contributed by atoms with van der Waals surface area (Å²) in [6.45, 7) is 1.98. The first-order valence-corrected chi connectivity index (χ1v) is 7.08. The lowest BCUT2D eigenvalue weighted by molar-refractivity contribution is 0.0923. The third-order valence-electron chi connectivity index (χ3n) is 4.42. The van der Waals surface area contributed by atoms with Crippen LogP contribution in [-0.2, 0) is 0 Å². The molecule has 3 rings (SSSR count). The van der Waals surface area contributed by atoms with Crippen LogP contribution in [0.25, 0.3) is 0 Å². The normalized spacial score (nSPS) is 29.6. The molecule has 0 aliphatic heterocycles. The van der Waals surface area contributed by atoms with Crippen LogP contribution in [0.2, 0.25) is 5.02 Å². The lowest BCUT2D eigenvalue weighted by atomic mass is 9.95. The van der Waals surface area contributed by atoms with E-state index in [4.69, 9.17) is 11.6 Å². The molecular formula is C15H18ClNO. The second-order valence-electron chi connectivity index (χ2n) is 5.74. The predicted molar refractivity (Wildman–Crippen MR) is 72.9 cm³/mol. The molecule has 1 aromatic carbocycles. The Labute approximate surface area is 113 Å². The summed E-state index contributed by atoms with van der Waals surface area (Å²) in [5.41, 5.74) is 1.68. The van der Waals surface area contributed by atoms with Gasteiger partial charge in [0, 0.05) is 6.04 Å². The van der Waals surface area contributed by atoms with Crippen LogP contribution in [-0.4, -0.2) is 11.9 Å². The first-order chi connectivity index (χ1) is 8.63. The number of hydrogen-bond acceptors (Lipinski definition) is 1. The third-order valence-corrected chi connectivity index (χ3v) is 4.74. The molecule has 1 amide bonds. The van der Waals surface area contributed by atoms with Crippen LogP contribution < -0.4 is 5.32 Å². The van der Waals surface area contributed by atoms with Gasteiger partial charge in [-0.3, -0.25) is 4.79 Å². The molecular weight excluding hydrogens is 246 g/mol. The molecule has 2 aliphatic rings. The SMILES string of the molecule is Cc1ccc(C(=O)NC2CC3CCC2C3)c(Cl)c1. The van der Waals surface area contributed by atoms with Crippen LogP contribution in [0.15, 0.2) is 18.2 Å². The van der Waals surface area contributed by atoms with E-state index in [-0.39, 0.29) is 5.91 Å². The van der Waals surface area contributed by atoms with Gasteiger partial charge in [0.05, 0.1) is 10.6 Å². The van der Waals surface area contributed by atoms with Gasteiger partial charge in [0.15, 0.2) is 0 Å². The Morgan fingerprint density at radius 2 is 2.17 bits per heavy atom. The number of aryl methyl sites for hydroxylation is 1. The van der Waals surface area contributed by atoms with Gasteiger partial charge >= 0.3 is 0 Å². The molecule has 0 saturated heterocycles. The average Bonchev–Trinajstić information content (AvgIpc) is 2.90. The van der Waals surface area contributed by atoms with Gasteiger partial charge in [0.1, 0.15) is 0 Å². The molecule has 18 heavy (non-hydrogen) atoms. The highest BCUT2D eigenvalue weighted by Gasteiger charge is 2.40. The number of amides is 1. The minimum atomic E-state index is -0.0162. The number of halogens is 1. The summed E-state index contributed by atoms with van der Waals surface area (Å²) in [5, 5.41) is 3.72. The number of benzene rings is 1. The van der Waals surface area contributed by atoms with E-state index in [2.05, 4.69) is 5.32 Å². The van der Waals surface area contributed by atoms with Crippen molar-refractivity contribution < 1.29 is 4.79 Å². The second-order valence-corrected chi connectivity index (χ2v) is 6.15. The van der Waals surface area contributed by atoms with E-state index >= 15 is 0 Å². The zero-order chi connectivity index (χ0) is 12.7. The van der Waals surface area contributed by atoms with E-state index in [1.54, 1.807) is 0 Å². The largest absolute Gasteiger partial charge is 0.349 e. The fraction of sp³-hybridized carbons (Fsp3) is 0.533. The maximum atomic E-state index is 12.2. The van der Waals surface area contributed by atoms with E-state index in [1.807, 2.05) is 25.1 Å². The Morgan fingerprint density at radius 3 is 2.78 bits per heavy atom. The molecule has 0 radical (unpaired) electrons. The Hall–Kier alpha value is -1.02. The number of nitrogens with one attached hydrogen (secondary N) is 1. The van der Waals surface area contributed by atoms with E-state index < -0.39 is 0 Å². The molecule has 96 valence electrons. The van der Waals surface area contributed by atoms with Crippen LogP contribution in [0.1, 0.15) is 41.6 Å². The Bertz CT molecular complexity index is 485. The lowest BCUT2D eigenvalue weighted by Gasteiger charge is -2.23. The second kappa shape index (κ2) is 4.58. The fourth-order valence-corrected chi connectivity index (χ4v) is 3.79. The molecule has 1 N–H and O–H groups in total. The molecule has 3 heteroatoms. The molecule has 2 fully saturated rings. The summed E-state index contributed by atoms with van der Waals surface area (Å²) in [7, 11) is 0. The van der Waals surface area contributed by atoms with Gasteiger partial charge in [-0.15, -0.1) is 0 Å². The molecule has 0 heterocycles. The van der Waals surface area contributed by atoms with Crippen molar-refractivity contribution in [2.24, 2.45) is 11.8 Å². The number of rotatable bonds is 2. The first-order valence-electron chi connectivity index (χ1n) is 6.70. The van der Waals surface area contributed by atoms with Crippen molar-refractivity contribution in [1.29, 1.82) is 0 Å². The zero-order valence-electron chi connectivity index (χ0n) is 10.6. The van der Waals surface area contributed by atoms with Gasteiger partial charge in [-0.2, -0.15) is 0 Å². The van der Waals surface area contributed by atoms with Crippen LogP contribution in [0.5, 0.6) is 0 Å². The number of carbonyl (C=O) groups is 1.